The molecule has 0 fully saturated rings. The van der Waals surface area contributed by atoms with Gasteiger partial charge in [-0.3, -0.25) is 0 Å². The van der Waals surface area contributed by atoms with Gasteiger partial charge in [0.05, 0.1) is 0 Å². The summed E-state index contributed by atoms with van der Waals surface area (Å²) in [5.41, 5.74) is 4.92. The fourth-order valence-corrected chi connectivity index (χ4v) is 0.978. The van der Waals surface area contributed by atoms with Crippen molar-refractivity contribution in [2.24, 2.45) is 0 Å². The molecule has 1 aliphatic rings. The van der Waals surface area contributed by atoms with E-state index in [1.165, 1.54) is 11.8 Å². The van der Waals surface area contributed by atoms with E-state index in [0.29, 0.717) is 0 Å². The predicted molar refractivity (Wildman–Crippen MR) is 45.7 cm³/mol. The topological polar surface area (TPSA) is 23.3 Å². The van der Waals surface area contributed by atoms with E-state index in [-0.39, 0.29) is 51.4 Å². The van der Waals surface area contributed by atoms with E-state index in [4.69, 9.17) is 4.84 Å². The molecule has 0 heterocycles. The van der Waals surface area contributed by atoms with Crippen LogP contribution in [0.4, 0.5) is 0 Å². The summed E-state index contributed by atoms with van der Waals surface area (Å²) in [5.74, 6) is 0.827. The van der Waals surface area contributed by atoms with Gasteiger partial charge in [0.2, 0.25) is 0 Å². The molecule has 2 nitrogen and oxygen atoms in total. The van der Waals surface area contributed by atoms with E-state index >= 15 is 0 Å². The third-order valence-electron chi connectivity index (χ3n) is 1.51. The molecule has 0 saturated carbocycles. The van der Waals surface area contributed by atoms with E-state index in [2.05, 4.69) is 19.0 Å². The van der Waals surface area contributed by atoms with Crippen LogP contribution in [0.15, 0.2) is 36.3 Å². The number of allylic oxidation sites excluding steroid dienone is 3. The molecule has 0 spiro atoms. The molecule has 0 bridgehead atoms. The minimum atomic E-state index is 0. The van der Waals surface area contributed by atoms with Gasteiger partial charge in [0.25, 0.3) is 0 Å². The van der Waals surface area contributed by atoms with Gasteiger partial charge >= 0.3 is 51.4 Å². The molecule has 3 heteroatoms. The van der Waals surface area contributed by atoms with Crippen LogP contribution in [-0.2, 0) is 4.84 Å². The molecule has 1 rings (SSSR count). The molecular formula is C9H12KNO. The number of nitrogens with zero attached hydrogens (tertiary/aromatic N) is 1. The van der Waals surface area contributed by atoms with Gasteiger partial charge in [-0.25, -0.2) is 0 Å². The summed E-state index contributed by atoms with van der Waals surface area (Å²) < 4.78 is 0. The summed E-state index contributed by atoms with van der Waals surface area (Å²) in [6.07, 6.45) is 7.58. The van der Waals surface area contributed by atoms with E-state index in [0.717, 1.165) is 18.6 Å². The minimum Gasteiger partial charge on any atom is -0.558 e. The normalized spacial score (nSPS) is 15.1. The molecule has 0 aromatic rings. The standard InChI is InChI=1S/C9H12NO.K/c1-3-10-11-9-6-4-5-8(2)7-9;/h3,6-7H,1,4-5H2,2H3;/q-1;+1. The van der Waals surface area contributed by atoms with Crippen LogP contribution in [0.5, 0.6) is 0 Å². The summed E-state index contributed by atoms with van der Waals surface area (Å²) in [5, 5.41) is 0. The van der Waals surface area contributed by atoms with Crippen LogP contribution in [0.3, 0.4) is 0 Å². The maximum absolute atomic E-state index is 4.99. The molecule has 0 radical (unpaired) electrons. The zero-order valence-electron chi connectivity index (χ0n) is 7.71. The second kappa shape index (κ2) is 6.92. The molecule has 0 amide bonds. The predicted octanol–water partition coefficient (Wildman–Crippen LogP) is 0.0632. The van der Waals surface area contributed by atoms with Gasteiger partial charge in [0.1, 0.15) is 5.76 Å². The monoisotopic (exact) mass is 189 g/mol. The zero-order chi connectivity index (χ0) is 8.10. The molecule has 1 aliphatic carbocycles. The van der Waals surface area contributed by atoms with E-state index < -0.39 is 0 Å². The van der Waals surface area contributed by atoms with Crippen LogP contribution in [0.2, 0.25) is 0 Å². The van der Waals surface area contributed by atoms with Gasteiger partial charge in [0, 0.05) is 0 Å². The van der Waals surface area contributed by atoms with Gasteiger partial charge in [0.15, 0.2) is 0 Å². The van der Waals surface area contributed by atoms with Crippen molar-refractivity contribution in [2.75, 3.05) is 0 Å². The average molecular weight is 189 g/mol. The van der Waals surface area contributed by atoms with Crippen molar-refractivity contribution in [3.63, 3.8) is 0 Å². The molecule has 0 atom stereocenters. The van der Waals surface area contributed by atoms with E-state index in [1.54, 1.807) is 0 Å². The Balaban J connectivity index is 0.00000121. The Hall–Kier alpha value is 0.456. The van der Waals surface area contributed by atoms with E-state index in [1.807, 2.05) is 12.2 Å². The fraction of sp³-hybridized carbons (Fsp3) is 0.333. The van der Waals surface area contributed by atoms with Crippen LogP contribution < -0.4 is 51.4 Å². The zero-order valence-corrected chi connectivity index (χ0v) is 10.8. The Kier molecular flexibility index (Phi) is 7.18. The first kappa shape index (κ1) is 12.5. The van der Waals surface area contributed by atoms with Crippen molar-refractivity contribution in [3.8, 4) is 0 Å². The largest absolute Gasteiger partial charge is 1.00 e. The van der Waals surface area contributed by atoms with Crippen molar-refractivity contribution in [1.29, 1.82) is 0 Å². The molecule has 0 unspecified atom stereocenters. The Bertz CT molecular complexity index is 209. The first-order valence-corrected chi connectivity index (χ1v) is 3.68. The summed E-state index contributed by atoms with van der Waals surface area (Å²) in [4.78, 5) is 4.99. The van der Waals surface area contributed by atoms with Crippen LogP contribution in [0, 0.1) is 0 Å². The van der Waals surface area contributed by atoms with Crippen LogP contribution in [-0.4, -0.2) is 0 Å². The Morgan fingerprint density at radius 1 is 1.67 bits per heavy atom. The number of rotatable bonds is 3. The maximum atomic E-state index is 4.99. The van der Waals surface area contributed by atoms with Gasteiger partial charge in [-0.1, -0.05) is 5.57 Å². The molecule has 12 heavy (non-hydrogen) atoms. The molecule has 0 aliphatic heterocycles. The Morgan fingerprint density at radius 2 is 2.42 bits per heavy atom. The maximum Gasteiger partial charge on any atom is 1.00 e. The van der Waals surface area contributed by atoms with Crippen molar-refractivity contribution >= 4 is 0 Å². The first-order chi connectivity index (χ1) is 5.33. The summed E-state index contributed by atoms with van der Waals surface area (Å²) in [7, 11) is 0. The second-order valence-corrected chi connectivity index (χ2v) is 2.52. The first-order valence-electron chi connectivity index (χ1n) is 3.68. The van der Waals surface area contributed by atoms with Crippen molar-refractivity contribution in [2.45, 2.75) is 19.8 Å². The summed E-state index contributed by atoms with van der Waals surface area (Å²) >= 11 is 0. The van der Waals surface area contributed by atoms with Crippen LogP contribution in [0.25, 0.3) is 5.48 Å². The van der Waals surface area contributed by atoms with Gasteiger partial charge < -0.3 is 10.3 Å². The van der Waals surface area contributed by atoms with Crippen molar-refractivity contribution in [1.82, 2.24) is 0 Å². The summed E-state index contributed by atoms with van der Waals surface area (Å²) in [6.45, 7) is 5.51. The molecule has 0 saturated heterocycles. The molecule has 0 aromatic heterocycles. The minimum absolute atomic E-state index is 0. The quantitative estimate of drug-likeness (QED) is 0.455. The van der Waals surface area contributed by atoms with Crippen LogP contribution in [0.1, 0.15) is 19.8 Å². The number of hydrogen-bond donors (Lipinski definition) is 0. The smallest absolute Gasteiger partial charge is 0.558 e. The third-order valence-corrected chi connectivity index (χ3v) is 1.51. The number of hydrogen-bond acceptors (Lipinski definition) is 1. The molecule has 0 aromatic carbocycles. The van der Waals surface area contributed by atoms with Crippen molar-refractivity contribution < 1.29 is 56.2 Å². The molecular weight excluding hydrogens is 177 g/mol. The van der Waals surface area contributed by atoms with E-state index in [9.17, 15) is 0 Å². The number of hydroxylamine groups is 1. The van der Waals surface area contributed by atoms with Crippen LogP contribution >= 0.6 is 0 Å². The molecule has 0 N–H and O–H groups in total. The SMILES string of the molecule is C=C[N-]OC1=CCCC(C)=C1.[K+]. The van der Waals surface area contributed by atoms with Crippen molar-refractivity contribution in [3.05, 3.63) is 41.7 Å². The third kappa shape index (κ3) is 4.47. The van der Waals surface area contributed by atoms with Gasteiger partial charge in [-0.05, 0) is 31.9 Å². The average Bonchev–Trinajstić information content (AvgIpc) is 2.01. The fourth-order valence-electron chi connectivity index (χ4n) is 0.978. The summed E-state index contributed by atoms with van der Waals surface area (Å²) in [6, 6.07) is 0. The second-order valence-electron chi connectivity index (χ2n) is 2.52. The Morgan fingerprint density at radius 3 is 3.00 bits per heavy atom. The molecule has 60 valence electrons. The Labute approximate surface area is 116 Å². The van der Waals surface area contributed by atoms with Gasteiger partial charge in [-0.2, -0.15) is 6.20 Å². The van der Waals surface area contributed by atoms with Gasteiger partial charge in [-0.15, -0.1) is 6.58 Å².